The second-order valence-electron chi connectivity index (χ2n) is 12.2. The van der Waals surface area contributed by atoms with E-state index in [2.05, 4.69) is 28.8 Å². The van der Waals surface area contributed by atoms with Gasteiger partial charge in [0.1, 0.15) is 6.54 Å². The summed E-state index contributed by atoms with van der Waals surface area (Å²) in [6.45, 7) is 18.0. The molecule has 8 heteroatoms. The molecule has 45 heavy (non-hydrogen) atoms. The predicted molar refractivity (Wildman–Crippen MR) is 173 cm³/mol. The van der Waals surface area contributed by atoms with Gasteiger partial charge in [0.15, 0.2) is 5.54 Å². The number of nitrogens with zero attached hydrogens (tertiary/aromatic N) is 4. The molecule has 2 saturated heterocycles. The number of hydrogen-bond donors (Lipinski definition) is 0. The smallest absolute Gasteiger partial charge is 0.328 e. The quantitative estimate of drug-likeness (QED) is 0.161. The maximum Gasteiger partial charge on any atom is 0.328 e. The topological polar surface area (TPSA) is 74.5 Å². The van der Waals surface area contributed by atoms with Crippen molar-refractivity contribution in [1.82, 2.24) is 14.7 Å². The Morgan fingerprint density at radius 3 is 1.98 bits per heavy atom. The molecule has 0 aromatic heterocycles. The standard InChI is InChI=1S/C37H42N4O4/c1-6-45-33(42)26-41-35(44)40(23-9-22-39-24-20-36(38-5,21-25-39)32-11-8-7-10-29(32)4)34(43)37(41,30-16-12-27(2)13-17-30)31-18-14-28(3)15-19-31/h7-8,10-19H,6,9,20-26H2,1-4H3. The molecule has 0 bridgehead atoms. The molecule has 0 spiro atoms. The molecule has 2 heterocycles. The summed E-state index contributed by atoms with van der Waals surface area (Å²) in [5, 5.41) is 0. The van der Waals surface area contributed by atoms with Gasteiger partial charge in [-0.15, -0.1) is 0 Å². The summed E-state index contributed by atoms with van der Waals surface area (Å²) in [5.74, 6) is -0.927. The molecule has 2 aliphatic rings. The molecule has 5 rings (SSSR count). The van der Waals surface area contributed by atoms with Gasteiger partial charge in [0, 0.05) is 38.0 Å². The fraction of sp³-hybridized carbons (Fsp3) is 0.405. The van der Waals surface area contributed by atoms with Crippen molar-refractivity contribution in [2.75, 3.05) is 39.3 Å². The normalized spacial score (nSPS) is 17.8. The zero-order chi connectivity index (χ0) is 32.2. The molecule has 2 fully saturated rings. The van der Waals surface area contributed by atoms with Crippen molar-refractivity contribution >= 4 is 17.9 Å². The fourth-order valence-corrected chi connectivity index (χ4v) is 6.86. The number of amides is 3. The zero-order valence-corrected chi connectivity index (χ0v) is 26.7. The van der Waals surface area contributed by atoms with Crippen LogP contribution < -0.4 is 0 Å². The number of esters is 1. The van der Waals surface area contributed by atoms with Gasteiger partial charge in [0.05, 0.1) is 6.61 Å². The van der Waals surface area contributed by atoms with Gasteiger partial charge in [-0.25, -0.2) is 11.4 Å². The molecular weight excluding hydrogens is 564 g/mol. The number of hydrogen-bond acceptors (Lipinski definition) is 5. The summed E-state index contributed by atoms with van der Waals surface area (Å²) in [5.41, 5.74) is 3.54. The van der Waals surface area contributed by atoms with Gasteiger partial charge < -0.3 is 14.5 Å². The summed E-state index contributed by atoms with van der Waals surface area (Å²) in [6, 6.07) is 22.8. The lowest BCUT2D eigenvalue weighted by Crippen LogP contribution is -2.50. The zero-order valence-electron chi connectivity index (χ0n) is 26.7. The Bertz CT molecular complexity index is 1540. The van der Waals surface area contributed by atoms with Crippen molar-refractivity contribution in [1.29, 1.82) is 0 Å². The van der Waals surface area contributed by atoms with E-state index in [0.29, 0.717) is 24.1 Å². The number of urea groups is 1. The lowest BCUT2D eigenvalue weighted by molar-refractivity contribution is -0.145. The fourth-order valence-electron chi connectivity index (χ4n) is 6.86. The van der Waals surface area contributed by atoms with Crippen LogP contribution in [0.2, 0.25) is 0 Å². The van der Waals surface area contributed by atoms with Gasteiger partial charge >= 0.3 is 12.0 Å². The third-order valence-corrected chi connectivity index (χ3v) is 9.35. The minimum atomic E-state index is -1.50. The number of imide groups is 1. The first-order chi connectivity index (χ1) is 21.7. The van der Waals surface area contributed by atoms with E-state index in [0.717, 1.165) is 48.2 Å². The van der Waals surface area contributed by atoms with Crippen LogP contribution in [-0.2, 0) is 25.4 Å². The van der Waals surface area contributed by atoms with Crippen molar-refractivity contribution in [3.63, 3.8) is 0 Å². The van der Waals surface area contributed by atoms with Crippen LogP contribution in [-0.4, -0.2) is 71.9 Å². The molecule has 234 valence electrons. The van der Waals surface area contributed by atoms with Crippen molar-refractivity contribution in [2.45, 2.75) is 58.0 Å². The Labute approximate surface area is 266 Å². The van der Waals surface area contributed by atoms with E-state index in [1.807, 2.05) is 74.5 Å². The van der Waals surface area contributed by atoms with E-state index >= 15 is 0 Å². The average molecular weight is 607 g/mol. The summed E-state index contributed by atoms with van der Waals surface area (Å²) >= 11 is 0. The van der Waals surface area contributed by atoms with Crippen LogP contribution in [0.1, 0.15) is 59.6 Å². The Kier molecular flexibility index (Phi) is 9.40. The molecule has 2 aliphatic heterocycles. The van der Waals surface area contributed by atoms with Crippen molar-refractivity contribution in [3.05, 3.63) is 118 Å². The van der Waals surface area contributed by atoms with Crippen molar-refractivity contribution in [2.24, 2.45) is 0 Å². The molecule has 0 atom stereocenters. The van der Waals surface area contributed by atoms with Crippen molar-refractivity contribution < 1.29 is 19.1 Å². The first kappa shape index (κ1) is 31.9. The van der Waals surface area contributed by atoms with Crippen LogP contribution in [0.15, 0.2) is 72.8 Å². The van der Waals surface area contributed by atoms with Crippen LogP contribution in [0.5, 0.6) is 0 Å². The summed E-state index contributed by atoms with van der Waals surface area (Å²) in [6.07, 6.45) is 2.05. The van der Waals surface area contributed by atoms with Gasteiger partial charge in [-0.1, -0.05) is 83.9 Å². The number of piperidine rings is 1. The first-order valence-corrected chi connectivity index (χ1v) is 15.8. The monoisotopic (exact) mass is 606 g/mol. The Morgan fingerprint density at radius 1 is 0.867 bits per heavy atom. The molecule has 0 aliphatic carbocycles. The molecule has 3 aromatic carbocycles. The summed E-state index contributed by atoms with van der Waals surface area (Å²) in [4.78, 5) is 50.7. The van der Waals surface area contributed by atoms with E-state index in [1.54, 1.807) is 6.92 Å². The highest BCUT2D eigenvalue weighted by Gasteiger charge is 2.60. The SMILES string of the molecule is [C-]#[N+]C1(c2ccccc2C)CCN(CCCN2C(=O)N(CC(=O)OCC)C(c3ccc(C)cc3)(c3ccc(C)cc3)C2=O)CC1. The highest BCUT2D eigenvalue weighted by molar-refractivity contribution is 6.10. The average Bonchev–Trinajstić information content (AvgIpc) is 3.24. The molecule has 3 aromatic rings. The number of likely N-dealkylation sites (tertiary alicyclic amines) is 1. The van der Waals surface area contributed by atoms with Gasteiger partial charge in [-0.2, -0.15) is 0 Å². The second-order valence-corrected chi connectivity index (χ2v) is 12.2. The van der Waals surface area contributed by atoms with Gasteiger partial charge in [0.25, 0.3) is 11.4 Å². The number of ether oxygens (including phenoxy) is 1. The number of carbonyl (C=O) groups is 3. The number of rotatable bonds is 10. The minimum absolute atomic E-state index is 0.176. The Balaban J connectivity index is 1.38. The molecule has 8 nitrogen and oxygen atoms in total. The third kappa shape index (κ3) is 5.97. The molecule has 0 radical (unpaired) electrons. The number of aryl methyl sites for hydroxylation is 3. The summed E-state index contributed by atoms with van der Waals surface area (Å²) in [7, 11) is 0. The third-order valence-electron chi connectivity index (χ3n) is 9.35. The van der Waals surface area contributed by atoms with E-state index in [9.17, 15) is 14.4 Å². The van der Waals surface area contributed by atoms with Crippen LogP contribution >= 0.6 is 0 Å². The second kappa shape index (κ2) is 13.3. The number of carbonyl (C=O) groups excluding carboxylic acids is 3. The summed E-state index contributed by atoms with van der Waals surface area (Å²) < 4.78 is 5.26. The van der Waals surface area contributed by atoms with E-state index in [4.69, 9.17) is 11.3 Å². The predicted octanol–water partition coefficient (Wildman–Crippen LogP) is 5.98. The Morgan fingerprint density at radius 2 is 1.44 bits per heavy atom. The molecule has 3 amide bonds. The highest BCUT2D eigenvalue weighted by Crippen LogP contribution is 2.44. The largest absolute Gasteiger partial charge is 0.465 e. The van der Waals surface area contributed by atoms with Crippen LogP contribution in [0.25, 0.3) is 4.85 Å². The minimum Gasteiger partial charge on any atom is -0.465 e. The molecular formula is C37H42N4O4. The van der Waals surface area contributed by atoms with Gasteiger partial charge in [0.2, 0.25) is 0 Å². The Hall–Kier alpha value is -4.48. The van der Waals surface area contributed by atoms with Crippen molar-refractivity contribution in [3.8, 4) is 0 Å². The molecule has 0 saturated carbocycles. The van der Waals surface area contributed by atoms with Crippen LogP contribution in [0.4, 0.5) is 4.79 Å². The van der Waals surface area contributed by atoms with E-state index in [1.165, 1.54) is 9.80 Å². The maximum absolute atomic E-state index is 14.6. The maximum atomic E-state index is 14.6. The van der Waals surface area contributed by atoms with Gasteiger partial charge in [-0.3, -0.25) is 19.4 Å². The van der Waals surface area contributed by atoms with E-state index in [-0.39, 0.29) is 25.6 Å². The lowest BCUT2D eigenvalue weighted by Gasteiger charge is -2.36. The van der Waals surface area contributed by atoms with Crippen LogP contribution in [0.3, 0.4) is 0 Å². The number of benzene rings is 3. The van der Waals surface area contributed by atoms with E-state index < -0.39 is 23.1 Å². The lowest BCUT2D eigenvalue weighted by atomic mass is 9.79. The van der Waals surface area contributed by atoms with Crippen LogP contribution in [0, 0.1) is 27.3 Å². The van der Waals surface area contributed by atoms with Gasteiger partial charge in [-0.05, 0) is 57.4 Å². The molecule has 0 N–H and O–H groups in total. The highest BCUT2D eigenvalue weighted by atomic mass is 16.5. The molecule has 0 unspecified atom stereocenters. The first-order valence-electron chi connectivity index (χ1n) is 15.8.